The van der Waals surface area contributed by atoms with Crippen LogP contribution >= 0.6 is 0 Å². The van der Waals surface area contributed by atoms with Crippen molar-refractivity contribution in [1.29, 1.82) is 0 Å². The highest BCUT2D eigenvalue weighted by Gasteiger charge is 2.29. The first kappa shape index (κ1) is 14.3. The van der Waals surface area contributed by atoms with Gasteiger partial charge in [-0.1, -0.05) is 12.1 Å². The molecule has 0 aliphatic heterocycles. The first-order valence-corrected chi connectivity index (χ1v) is 6.90. The number of ether oxygens (including phenoxy) is 2. The number of hydrogen-bond donors (Lipinski definition) is 2. The van der Waals surface area contributed by atoms with Crippen LogP contribution in [0.3, 0.4) is 0 Å². The minimum Gasteiger partial charge on any atom is -0.497 e. The average Bonchev–Trinajstić information content (AvgIpc) is 2.41. The maximum atomic E-state index is 10.1. The van der Waals surface area contributed by atoms with Crippen LogP contribution in [0.5, 0.6) is 5.75 Å². The summed E-state index contributed by atoms with van der Waals surface area (Å²) in [5.74, 6) is 0.808. The molecule has 2 N–H and O–H groups in total. The van der Waals surface area contributed by atoms with Gasteiger partial charge in [-0.15, -0.1) is 0 Å². The molecule has 1 aromatic carbocycles. The largest absolute Gasteiger partial charge is 0.497 e. The van der Waals surface area contributed by atoms with Crippen LogP contribution in [0.1, 0.15) is 31.4 Å². The Balaban J connectivity index is 1.71. The van der Waals surface area contributed by atoms with E-state index in [2.05, 4.69) is 5.32 Å². The van der Waals surface area contributed by atoms with Crippen molar-refractivity contribution in [3.8, 4) is 5.75 Å². The third-order valence-corrected chi connectivity index (χ3v) is 3.60. The molecule has 106 valence electrons. The third-order valence-electron chi connectivity index (χ3n) is 3.60. The van der Waals surface area contributed by atoms with Crippen molar-refractivity contribution in [3.05, 3.63) is 29.8 Å². The molecule has 4 heteroatoms. The Hall–Kier alpha value is -1.10. The zero-order valence-electron chi connectivity index (χ0n) is 11.6. The number of nitrogens with one attached hydrogen (secondary N) is 1. The maximum Gasteiger partial charge on any atom is 0.118 e. The van der Waals surface area contributed by atoms with Crippen LogP contribution in [0, 0.1) is 0 Å². The number of rotatable bonds is 7. The topological polar surface area (TPSA) is 50.7 Å². The summed E-state index contributed by atoms with van der Waals surface area (Å²) in [6.45, 7) is 3.38. The Labute approximate surface area is 114 Å². The normalized spacial score (nSPS) is 23.7. The maximum absolute atomic E-state index is 10.1. The fourth-order valence-electron chi connectivity index (χ4n) is 2.33. The van der Waals surface area contributed by atoms with Crippen LogP contribution in [-0.2, 0) is 4.74 Å². The predicted octanol–water partition coefficient (Wildman–Crippen LogP) is 1.89. The first-order chi connectivity index (χ1) is 9.22. The summed E-state index contributed by atoms with van der Waals surface area (Å²) >= 11 is 0. The average molecular weight is 265 g/mol. The Kier molecular flexibility index (Phi) is 5.19. The molecule has 1 unspecified atom stereocenters. The summed E-state index contributed by atoms with van der Waals surface area (Å²) in [6, 6.07) is 8.01. The highest BCUT2D eigenvalue weighted by Crippen LogP contribution is 2.24. The summed E-state index contributed by atoms with van der Waals surface area (Å²) in [5.41, 5.74) is 0.911. The standard InChI is InChI=1S/C15H23NO3/c1-3-19-14-8-12(9-14)16-10-15(17)11-4-6-13(18-2)7-5-11/h4-7,12,14-17H,3,8-10H2,1-2H3. The van der Waals surface area contributed by atoms with E-state index in [1.807, 2.05) is 31.2 Å². The molecule has 1 fully saturated rings. The lowest BCUT2D eigenvalue weighted by Gasteiger charge is -2.36. The number of hydrogen-bond acceptors (Lipinski definition) is 4. The quantitative estimate of drug-likeness (QED) is 0.790. The van der Waals surface area contributed by atoms with Crippen molar-refractivity contribution < 1.29 is 14.6 Å². The van der Waals surface area contributed by atoms with Gasteiger partial charge in [0.15, 0.2) is 0 Å². The molecule has 4 nitrogen and oxygen atoms in total. The van der Waals surface area contributed by atoms with Crippen LogP contribution in [0.25, 0.3) is 0 Å². The molecule has 1 atom stereocenters. The minimum atomic E-state index is -0.475. The molecule has 0 radical (unpaired) electrons. The van der Waals surface area contributed by atoms with Gasteiger partial charge in [0, 0.05) is 19.2 Å². The summed E-state index contributed by atoms with van der Waals surface area (Å²) in [7, 11) is 1.64. The summed E-state index contributed by atoms with van der Waals surface area (Å²) in [4.78, 5) is 0. The molecule has 0 bridgehead atoms. The van der Waals surface area contributed by atoms with Crippen LogP contribution in [0.4, 0.5) is 0 Å². The highest BCUT2D eigenvalue weighted by molar-refractivity contribution is 5.28. The van der Waals surface area contributed by atoms with Crippen molar-refractivity contribution in [2.24, 2.45) is 0 Å². The molecule has 1 saturated carbocycles. The van der Waals surface area contributed by atoms with E-state index in [-0.39, 0.29) is 0 Å². The number of aliphatic hydroxyl groups excluding tert-OH is 1. The monoisotopic (exact) mass is 265 g/mol. The third kappa shape index (κ3) is 3.93. The van der Waals surface area contributed by atoms with E-state index in [1.54, 1.807) is 7.11 Å². The van der Waals surface area contributed by atoms with Gasteiger partial charge in [0.05, 0.1) is 19.3 Å². The second kappa shape index (κ2) is 6.89. The van der Waals surface area contributed by atoms with E-state index in [9.17, 15) is 5.11 Å². The Morgan fingerprint density at radius 3 is 2.58 bits per heavy atom. The SMILES string of the molecule is CCOC1CC(NCC(O)c2ccc(OC)cc2)C1. The lowest BCUT2D eigenvalue weighted by molar-refractivity contribution is -0.0123. The lowest BCUT2D eigenvalue weighted by Crippen LogP contribution is -2.46. The molecule has 19 heavy (non-hydrogen) atoms. The Bertz CT molecular complexity index is 373. The minimum absolute atomic E-state index is 0.403. The van der Waals surface area contributed by atoms with Gasteiger partial charge in [0.1, 0.15) is 5.75 Å². The van der Waals surface area contributed by atoms with Crippen molar-refractivity contribution in [3.63, 3.8) is 0 Å². The number of benzene rings is 1. The molecular formula is C15H23NO3. The van der Waals surface area contributed by atoms with Crippen LogP contribution in [-0.4, -0.2) is 37.5 Å². The van der Waals surface area contributed by atoms with Crippen LogP contribution in [0.15, 0.2) is 24.3 Å². The van der Waals surface area contributed by atoms with E-state index in [1.165, 1.54) is 0 Å². The van der Waals surface area contributed by atoms with Crippen LogP contribution in [0.2, 0.25) is 0 Å². The summed E-state index contributed by atoms with van der Waals surface area (Å²) in [6.07, 6.45) is 2.02. The fourth-order valence-corrected chi connectivity index (χ4v) is 2.33. The van der Waals surface area contributed by atoms with Gasteiger partial charge in [-0.3, -0.25) is 0 Å². The van der Waals surface area contributed by atoms with Gasteiger partial charge in [0.25, 0.3) is 0 Å². The van der Waals surface area contributed by atoms with E-state index in [0.717, 1.165) is 30.8 Å². The molecule has 0 amide bonds. The molecule has 0 aromatic heterocycles. The Morgan fingerprint density at radius 2 is 2.00 bits per heavy atom. The lowest BCUT2D eigenvalue weighted by atomic mass is 9.89. The molecule has 0 spiro atoms. The fraction of sp³-hybridized carbons (Fsp3) is 0.600. The van der Waals surface area contributed by atoms with Gasteiger partial charge < -0.3 is 19.9 Å². The molecule has 0 heterocycles. The second-order valence-corrected chi connectivity index (χ2v) is 4.94. The smallest absolute Gasteiger partial charge is 0.118 e. The van der Waals surface area contributed by atoms with Crippen molar-refractivity contribution in [2.45, 2.75) is 38.0 Å². The zero-order chi connectivity index (χ0) is 13.7. The van der Waals surface area contributed by atoms with Gasteiger partial charge in [-0.2, -0.15) is 0 Å². The second-order valence-electron chi connectivity index (χ2n) is 4.94. The van der Waals surface area contributed by atoms with Crippen LogP contribution < -0.4 is 10.1 Å². The van der Waals surface area contributed by atoms with E-state index >= 15 is 0 Å². The predicted molar refractivity (Wildman–Crippen MR) is 74.4 cm³/mol. The molecule has 0 saturated heterocycles. The molecule has 1 aliphatic rings. The molecule has 2 rings (SSSR count). The van der Waals surface area contributed by atoms with Gasteiger partial charge in [-0.25, -0.2) is 0 Å². The van der Waals surface area contributed by atoms with Crippen molar-refractivity contribution in [2.75, 3.05) is 20.3 Å². The molecule has 1 aliphatic carbocycles. The Morgan fingerprint density at radius 1 is 1.32 bits per heavy atom. The van der Waals surface area contributed by atoms with Crippen molar-refractivity contribution >= 4 is 0 Å². The summed E-state index contributed by atoms with van der Waals surface area (Å²) < 4.78 is 10.6. The zero-order valence-corrected chi connectivity index (χ0v) is 11.6. The highest BCUT2D eigenvalue weighted by atomic mass is 16.5. The van der Waals surface area contributed by atoms with Gasteiger partial charge in [-0.05, 0) is 37.5 Å². The van der Waals surface area contributed by atoms with E-state index in [0.29, 0.717) is 18.7 Å². The first-order valence-electron chi connectivity index (χ1n) is 6.90. The van der Waals surface area contributed by atoms with E-state index < -0.39 is 6.10 Å². The van der Waals surface area contributed by atoms with Crippen molar-refractivity contribution in [1.82, 2.24) is 5.32 Å². The molecule has 1 aromatic rings. The van der Waals surface area contributed by atoms with Gasteiger partial charge >= 0.3 is 0 Å². The van der Waals surface area contributed by atoms with E-state index in [4.69, 9.17) is 9.47 Å². The number of methoxy groups -OCH3 is 1. The van der Waals surface area contributed by atoms with Gasteiger partial charge in [0.2, 0.25) is 0 Å². The number of aliphatic hydroxyl groups is 1. The summed E-state index contributed by atoms with van der Waals surface area (Å²) in [5, 5.41) is 13.5. The molecular weight excluding hydrogens is 242 g/mol.